The van der Waals surface area contributed by atoms with E-state index in [2.05, 4.69) is 56.2 Å². The van der Waals surface area contributed by atoms with Crippen molar-refractivity contribution in [2.45, 2.75) is 6.54 Å². The van der Waals surface area contributed by atoms with Gasteiger partial charge in [-0.3, -0.25) is 4.90 Å². The van der Waals surface area contributed by atoms with Gasteiger partial charge < -0.3 is 9.32 Å². The second kappa shape index (κ2) is 6.42. The first-order valence-corrected chi connectivity index (χ1v) is 9.02. The lowest BCUT2D eigenvalue weighted by Crippen LogP contribution is -2.46. The van der Waals surface area contributed by atoms with E-state index >= 15 is 0 Å². The normalized spacial score (nSPS) is 15.8. The van der Waals surface area contributed by atoms with Crippen molar-refractivity contribution in [2.75, 3.05) is 31.1 Å². The third kappa shape index (κ3) is 2.70. The van der Waals surface area contributed by atoms with Crippen LogP contribution in [0.1, 0.15) is 5.56 Å². The molecule has 0 spiro atoms. The number of anilines is 1. The first kappa shape index (κ1) is 15.3. The minimum Gasteiger partial charge on any atom is -0.450 e. The highest BCUT2D eigenvalue weighted by molar-refractivity contribution is 6.05. The molecule has 4 aromatic rings. The zero-order chi connectivity index (χ0) is 17.3. The van der Waals surface area contributed by atoms with Crippen LogP contribution in [-0.2, 0) is 6.54 Å². The molecule has 26 heavy (non-hydrogen) atoms. The van der Waals surface area contributed by atoms with E-state index in [0.717, 1.165) is 60.6 Å². The zero-order valence-corrected chi connectivity index (χ0v) is 14.5. The largest absolute Gasteiger partial charge is 0.450 e. The molecule has 1 fully saturated rings. The van der Waals surface area contributed by atoms with E-state index in [4.69, 9.17) is 4.42 Å². The van der Waals surface area contributed by atoms with Gasteiger partial charge in [-0.05, 0) is 17.7 Å². The third-order valence-electron chi connectivity index (χ3n) is 5.06. The summed E-state index contributed by atoms with van der Waals surface area (Å²) >= 11 is 0. The van der Waals surface area contributed by atoms with E-state index in [1.165, 1.54) is 5.56 Å². The molecule has 130 valence electrons. The fraction of sp³-hybridized carbons (Fsp3) is 0.238. The second-order valence-corrected chi connectivity index (χ2v) is 6.72. The number of benzene rings is 2. The number of furan rings is 1. The summed E-state index contributed by atoms with van der Waals surface area (Å²) < 4.78 is 6.08. The van der Waals surface area contributed by atoms with Gasteiger partial charge in [-0.15, -0.1) is 0 Å². The highest BCUT2D eigenvalue weighted by Crippen LogP contribution is 2.32. The van der Waals surface area contributed by atoms with E-state index in [9.17, 15) is 0 Å². The molecule has 3 heterocycles. The molecule has 0 radical (unpaired) electrons. The van der Waals surface area contributed by atoms with E-state index in [0.29, 0.717) is 0 Å². The lowest BCUT2D eigenvalue weighted by atomic mass is 10.2. The van der Waals surface area contributed by atoms with Gasteiger partial charge in [0, 0.05) is 38.1 Å². The highest BCUT2D eigenvalue weighted by atomic mass is 16.3. The molecule has 0 atom stereocenters. The number of aromatic nitrogens is 2. The van der Waals surface area contributed by atoms with Crippen molar-refractivity contribution in [3.8, 4) is 0 Å². The van der Waals surface area contributed by atoms with Crippen LogP contribution in [0, 0.1) is 0 Å². The zero-order valence-electron chi connectivity index (χ0n) is 14.5. The van der Waals surface area contributed by atoms with Gasteiger partial charge >= 0.3 is 0 Å². The summed E-state index contributed by atoms with van der Waals surface area (Å²) in [5.41, 5.74) is 3.93. The molecule has 1 aliphatic rings. The Hall–Kier alpha value is -2.92. The summed E-state index contributed by atoms with van der Waals surface area (Å²) in [5, 5.41) is 1.05. The van der Waals surface area contributed by atoms with E-state index < -0.39 is 0 Å². The summed E-state index contributed by atoms with van der Waals surface area (Å²) in [5.74, 6) is 0.908. The maximum atomic E-state index is 6.08. The lowest BCUT2D eigenvalue weighted by molar-refractivity contribution is 0.249. The molecule has 2 aromatic heterocycles. The second-order valence-electron chi connectivity index (χ2n) is 6.72. The Morgan fingerprint density at radius 2 is 1.62 bits per heavy atom. The third-order valence-corrected chi connectivity index (χ3v) is 5.06. The van der Waals surface area contributed by atoms with Gasteiger partial charge in [-0.1, -0.05) is 42.5 Å². The molecular weight excluding hydrogens is 324 g/mol. The van der Waals surface area contributed by atoms with E-state index in [1.54, 1.807) is 6.33 Å². The summed E-state index contributed by atoms with van der Waals surface area (Å²) in [6.45, 7) is 4.91. The molecule has 0 unspecified atom stereocenters. The van der Waals surface area contributed by atoms with Crippen molar-refractivity contribution in [3.63, 3.8) is 0 Å². The minimum atomic E-state index is 0.796. The molecule has 5 heteroatoms. The average molecular weight is 344 g/mol. The van der Waals surface area contributed by atoms with Gasteiger partial charge in [0.15, 0.2) is 11.4 Å². The average Bonchev–Trinajstić information content (AvgIpc) is 3.08. The molecule has 1 saturated heterocycles. The van der Waals surface area contributed by atoms with E-state index in [-0.39, 0.29) is 0 Å². The molecule has 0 amide bonds. The predicted octanol–water partition coefficient (Wildman–Crippen LogP) is 3.70. The summed E-state index contributed by atoms with van der Waals surface area (Å²) in [7, 11) is 0. The van der Waals surface area contributed by atoms with Crippen LogP contribution in [0.25, 0.3) is 22.1 Å². The maximum absolute atomic E-state index is 6.08. The standard InChI is InChI=1S/C21H20N4O/c1-2-6-16(7-3-1)14-24-10-12-25(13-11-24)21-20-19(22-15-23-21)17-8-4-5-9-18(17)26-20/h1-9,15H,10-14H2. The van der Waals surface area contributed by atoms with Crippen LogP contribution in [0.5, 0.6) is 0 Å². The number of hydrogen-bond acceptors (Lipinski definition) is 5. The van der Waals surface area contributed by atoms with Gasteiger partial charge in [0.1, 0.15) is 17.4 Å². The topological polar surface area (TPSA) is 45.4 Å². The van der Waals surface area contributed by atoms with Crippen molar-refractivity contribution in [2.24, 2.45) is 0 Å². The summed E-state index contributed by atoms with van der Waals surface area (Å²) in [4.78, 5) is 13.8. The smallest absolute Gasteiger partial charge is 0.196 e. The molecule has 5 rings (SSSR count). The maximum Gasteiger partial charge on any atom is 0.196 e. The first-order valence-electron chi connectivity index (χ1n) is 9.02. The molecule has 0 aliphatic carbocycles. The van der Waals surface area contributed by atoms with E-state index in [1.807, 2.05) is 18.2 Å². The van der Waals surface area contributed by atoms with Crippen molar-refractivity contribution >= 4 is 27.9 Å². The monoisotopic (exact) mass is 344 g/mol. The molecule has 5 nitrogen and oxygen atoms in total. The fourth-order valence-corrected chi connectivity index (χ4v) is 3.70. The van der Waals surface area contributed by atoms with Gasteiger partial charge in [0.2, 0.25) is 0 Å². The Morgan fingerprint density at radius 3 is 2.46 bits per heavy atom. The number of piperazine rings is 1. The first-order chi connectivity index (χ1) is 12.9. The number of nitrogens with zero attached hydrogens (tertiary/aromatic N) is 4. The summed E-state index contributed by atoms with van der Waals surface area (Å²) in [6.07, 6.45) is 1.65. The van der Waals surface area contributed by atoms with Crippen molar-refractivity contribution in [1.29, 1.82) is 0 Å². The van der Waals surface area contributed by atoms with Crippen LogP contribution >= 0.6 is 0 Å². The molecule has 2 aromatic carbocycles. The predicted molar refractivity (Wildman–Crippen MR) is 103 cm³/mol. The Bertz CT molecular complexity index is 1040. The van der Waals surface area contributed by atoms with Gasteiger partial charge in [-0.25, -0.2) is 9.97 Å². The Labute approximate surface area is 151 Å². The van der Waals surface area contributed by atoms with Crippen molar-refractivity contribution in [1.82, 2.24) is 14.9 Å². The summed E-state index contributed by atoms with van der Waals surface area (Å²) in [6, 6.07) is 18.7. The molecule has 0 N–H and O–H groups in total. The van der Waals surface area contributed by atoms with Gasteiger partial charge in [0.25, 0.3) is 0 Å². The fourth-order valence-electron chi connectivity index (χ4n) is 3.70. The number of rotatable bonds is 3. The molecular formula is C21H20N4O. The van der Waals surface area contributed by atoms with Crippen LogP contribution < -0.4 is 4.90 Å². The van der Waals surface area contributed by atoms with Crippen LogP contribution in [0.2, 0.25) is 0 Å². The van der Waals surface area contributed by atoms with Crippen LogP contribution in [0.15, 0.2) is 65.3 Å². The molecule has 0 saturated carbocycles. The number of hydrogen-bond donors (Lipinski definition) is 0. The van der Waals surface area contributed by atoms with Crippen LogP contribution in [0.3, 0.4) is 0 Å². The van der Waals surface area contributed by atoms with Crippen LogP contribution in [-0.4, -0.2) is 41.0 Å². The molecule has 0 bridgehead atoms. The highest BCUT2D eigenvalue weighted by Gasteiger charge is 2.22. The minimum absolute atomic E-state index is 0.796. The lowest BCUT2D eigenvalue weighted by Gasteiger charge is -2.35. The quantitative estimate of drug-likeness (QED) is 0.567. The van der Waals surface area contributed by atoms with Crippen LogP contribution in [0.4, 0.5) is 5.82 Å². The molecule has 1 aliphatic heterocycles. The van der Waals surface area contributed by atoms with Crippen molar-refractivity contribution in [3.05, 3.63) is 66.5 Å². The SMILES string of the molecule is c1ccc(CN2CCN(c3ncnc4c3oc3ccccc34)CC2)cc1. The van der Waals surface area contributed by atoms with Crippen molar-refractivity contribution < 1.29 is 4.42 Å². The Balaban J connectivity index is 1.38. The van der Waals surface area contributed by atoms with Gasteiger partial charge in [0.05, 0.1) is 0 Å². The number of para-hydroxylation sites is 1. The van der Waals surface area contributed by atoms with Gasteiger partial charge in [-0.2, -0.15) is 0 Å². The Kier molecular flexibility index (Phi) is 3.79. The Morgan fingerprint density at radius 1 is 0.846 bits per heavy atom. The number of fused-ring (bicyclic) bond motifs is 3.